The molecule has 84 valence electrons. The third-order valence-electron chi connectivity index (χ3n) is 1.94. The van der Waals surface area contributed by atoms with Gasteiger partial charge in [0.15, 0.2) is 0 Å². The summed E-state index contributed by atoms with van der Waals surface area (Å²) < 4.78 is 0. The molecule has 0 aromatic carbocycles. The van der Waals surface area contributed by atoms with Crippen LogP contribution in [0.2, 0.25) is 0 Å². The summed E-state index contributed by atoms with van der Waals surface area (Å²) in [5.41, 5.74) is 1.02. The summed E-state index contributed by atoms with van der Waals surface area (Å²) in [5, 5.41) is 26.1. The summed E-state index contributed by atoms with van der Waals surface area (Å²) >= 11 is 0. The second kappa shape index (κ2) is 4.85. The molecule has 0 saturated heterocycles. The van der Waals surface area contributed by atoms with Gasteiger partial charge in [0, 0.05) is 18.3 Å². The first-order valence-electron chi connectivity index (χ1n) is 4.66. The Labute approximate surface area is 95.9 Å². The number of carbonyl (C=O) groups is 1. The van der Waals surface area contributed by atoms with E-state index in [0.717, 1.165) is 0 Å². The normalized spacial score (nSPS) is 11.3. The van der Waals surface area contributed by atoms with Crippen molar-refractivity contribution in [2.75, 3.05) is 0 Å². The summed E-state index contributed by atoms with van der Waals surface area (Å²) in [6.45, 7) is 0. The van der Waals surface area contributed by atoms with Crippen molar-refractivity contribution in [3.63, 3.8) is 0 Å². The van der Waals surface area contributed by atoms with E-state index >= 15 is 0 Å². The fourth-order valence-corrected chi connectivity index (χ4v) is 1.25. The molecule has 1 unspecified atom stereocenters. The second-order valence-corrected chi connectivity index (χ2v) is 3.05. The van der Waals surface area contributed by atoms with Crippen LogP contribution < -0.4 is 0 Å². The zero-order chi connectivity index (χ0) is 12.1. The fraction of sp³-hybridized carbons (Fsp3) is 0.100. The first-order chi connectivity index (χ1) is 8.27. The zero-order valence-corrected chi connectivity index (χ0v) is 8.53. The van der Waals surface area contributed by atoms with Gasteiger partial charge in [0.25, 0.3) is 0 Å². The van der Waals surface area contributed by atoms with Gasteiger partial charge in [0.1, 0.15) is 11.6 Å². The van der Waals surface area contributed by atoms with Crippen molar-refractivity contribution in [2.24, 2.45) is 0 Å². The molecule has 2 N–H and O–H groups in total. The van der Waals surface area contributed by atoms with Crippen molar-refractivity contribution in [1.29, 1.82) is 0 Å². The predicted octanol–water partition coefficient (Wildman–Crippen LogP) is -0.185. The Bertz CT molecular complexity index is 555. The molecule has 2 aromatic heterocycles. The van der Waals surface area contributed by atoms with Gasteiger partial charge in [-0.1, -0.05) is 11.1 Å². The number of carboxylic acids is 1. The molecule has 2 rings (SSSR count). The van der Waals surface area contributed by atoms with Crippen LogP contribution in [-0.4, -0.2) is 36.7 Å². The number of carboxylic acid groups (broad SMARTS) is 1. The lowest BCUT2D eigenvalue weighted by Gasteiger charge is -2.04. The van der Waals surface area contributed by atoms with Gasteiger partial charge >= 0.3 is 5.97 Å². The number of aliphatic carboxylic acids is 1. The molecule has 17 heavy (non-hydrogen) atoms. The Balaban J connectivity index is 2.39. The van der Waals surface area contributed by atoms with Crippen molar-refractivity contribution >= 4 is 5.97 Å². The van der Waals surface area contributed by atoms with Crippen LogP contribution in [0.3, 0.4) is 0 Å². The Morgan fingerprint density at radius 2 is 2.29 bits per heavy atom. The Morgan fingerprint density at radius 1 is 1.41 bits per heavy atom. The number of aromatic nitrogens is 5. The van der Waals surface area contributed by atoms with Crippen LogP contribution in [0.1, 0.15) is 17.3 Å². The molecule has 0 aliphatic carbocycles. The molecule has 0 fully saturated rings. The lowest BCUT2D eigenvalue weighted by Crippen LogP contribution is -2.03. The van der Waals surface area contributed by atoms with Crippen LogP contribution in [0, 0.1) is 11.8 Å². The number of nitrogens with one attached hydrogen (secondary N) is 1. The fourth-order valence-electron chi connectivity index (χ4n) is 1.25. The summed E-state index contributed by atoms with van der Waals surface area (Å²) in [5.74, 6) is 2.85. The largest absolute Gasteiger partial charge is 0.472 e. The average molecular weight is 229 g/mol. The van der Waals surface area contributed by atoms with Gasteiger partial charge in [-0.3, -0.25) is 5.10 Å². The van der Waals surface area contributed by atoms with Crippen LogP contribution in [0.25, 0.3) is 0 Å². The minimum absolute atomic E-state index is 0.499. The topological polar surface area (TPSA) is 105 Å². The molecular weight excluding hydrogens is 222 g/mol. The lowest BCUT2D eigenvalue weighted by molar-refractivity contribution is -0.130. The van der Waals surface area contributed by atoms with Gasteiger partial charge in [0.05, 0.1) is 5.69 Å². The molecule has 0 spiro atoms. The third kappa shape index (κ3) is 2.63. The second-order valence-electron chi connectivity index (χ2n) is 3.05. The molecule has 0 amide bonds. The van der Waals surface area contributed by atoms with Crippen molar-refractivity contribution in [3.05, 3.63) is 35.9 Å². The highest BCUT2D eigenvalue weighted by molar-refractivity contribution is 5.86. The van der Waals surface area contributed by atoms with Crippen molar-refractivity contribution in [2.45, 2.75) is 5.92 Å². The number of aromatic amines is 1. The van der Waals surface area contributed by atoms with Gasteiger partial charge in [-0.15, -0.1) is 5.10 Å². The molecule has 2 heterocycles. The van der Waals surface area contributed by atoms with Crippen molar-refractivity contribution in [3.8, 4) is 11.8 Å². The Morgan fingerprint density at radius 3 is 2.88 bits per heavy atom. The minimum atomic E-state index is -1.21. The standard InChI is InChI=1S/C10H7N5O2/c16-10(17)4-3-7(9-6-12-15-14-9)8-2-1-5-11-13-8/h1-2,5-7H,(H,16,17)(H,12,14,15). The van der Waals surface area contributed by atoms with Crippen molar-refractivity contribution in [1.82, 2.24) is 25.6 Å². The van der Waals surface area contributed by atoms with Gasteiger partial charge in [-0.25, -0.2) is 4.79 Å². The van der Waals surface area contributed by atoms with Crippen LogP contribution >= 0.6 is 0 Å². The number of hydrogen-bond donors (Lipinski definition) is 2. The first-order valence-corrected chi connectivity index (χ1v) is 4.66. The van der Waals surface area contributed by atoms with E-state index in [0.29, 0.717) is 11.4 Å². The highest BCUT2D eigenvalue weighted by Gasteiger charge is 2.16. The highest BCUT2D eigenvalue weighted by atomic mass is 16.4. The van der Waals surface area contributed by atoms with E-state index < -0.39 is 11.9 Å². The van der Waals surface area contributed by atoms with E-state index in [9.17, 15) is 4.79 Å². The lowest BCUT2D eigenvalue weighted by atomic mass is 10.0. The predicted molar refractivity (Wildman–Crippen MR) is 55.7 cm³/mol. The maximum atomic E-state index is 10.5. The van der Waals surface area contributed by atoms with Crippen molar-refractivity contribution < 1.29 is 9.90 Å². The maximum absolute atomic E-state index is 10.5. The van der Waals surface area contributed by atoms with Gasteiger partial charge in [0.2, 0.25) is 0 Å². The highest BCUT2D eigenvalue weighted by Crippen LogP contribution is 2.18. The quantitative estimate of drug-likeness (QED) is 0.692. The van der Waals surface area contributed by atoms with E-state index in [2.05, 4.69) is 31.5 Å². The summed E-state index contributed by atoms with van der Waals surface area (Å²) in [6, 6.07) is 3.39. The van der Waals surface area contributed by atoms with E-state index in [1.807, 2.05) is 5.92 Å². The minimum Gasteiger partial charge on any atom is -0.472 e. The summed E-state index contributed by atoms with van der Waals surface area (Å²) in [4.78, 5) is 10.5. The summed E-state index contributed by atoms with van der Waals surface area (Å²) in [6.07, 6.45) is 3.06. The van der Waals surface area contributed by atoms with Crippen LogP contribution in [0.15, 0.2) is 24.5 Å². The molecule has 0 aliphatic heterocycles. The van der Waals surface area contributed by atoms with Gasteiger partial charge < -0.3 is 5.11 Å². The van der Waals surface area contributed by atoms with Crippen LogP contribution in [-0.2, 0) is 4.79 Å². The molecular formula is C10H7N5O2. The third-order valence-corrected chi connectivity index (χ3v) is 1.94. The van der Waals surface area contributed by atoms with E-state index in [1.165, 1.54) is 12.4 Å². The number of nitrogens with zero attached hydrogens (tertiary/aromatic N) is 4. The smallest absolute Gasteiger partial charge is 0.381 e. The number of hydrogen-bond acceptors (Lipinski definition) is 5. The van der Waals surface area contributed by atoms with Crippen LogP contribution in [0.4, 0.5) is 0 Å². The monoisotopic (exact) mass is 229 g/mol. The molecule has 0 radical (unpaired) electrons. The van der Waals surface area contributed by atoms with Gasteiger partial charge in [-0.2, -0.15) is 10.2 Å². The van der Waals surface area contributed by atoms with Crippen LogP contribution in [0.5, 0.6) is 0 Å². The Hall–Kier alpha value is -2.75. The Kier molecular flexibility index (Phi) is 3.07. The van der Waals surface area contributed by atoms with E-state index in [-0.39, 0.29) is 0 Å². The van der Waals surface area contributed by atoms with Gasteiger partial charge in [-0.05, 0) is 12.1 Å². The first kappa shape index (κ1) is 10.8. The van der Waals surface area contributed by atoms with E-state index in [1.54, 1.807) is 12.1 Å². The molecule has 7 heteroatoms. The van der Waals surface area contributed by atoms with E-state index in [4.69, 9.17) is 5.11 Å². The molecule has 7 nitrogen and oxygen atoms in total. The molecule has 1 atom stereocenters. The zero-order valence-electron chi connectivity index (χ0n) is 8.53. The maximum Gasteiger partial charge on any atom is 0.381 e. The molecule has 0 aliphatic rings. The molecule has 2 aromatic rings. The number of H-pyrrole nitrogens is 1. The SMILES string of the molecule is O=C(O)C#CC(c1cccnn1)c1c[nH]nn1. The number of rotatable bonds is 2. The molecule has 0 saturated carbocycles. The average Bonchev–Trinajstić information content (AvgIpc) is 2.84. The summed E-state index contributed by atoms with van der Waals surface area (Å²) in [7, 11) is 0. The molecule has 0 bridgehead atoms.